The van der Waals surface area contributed by atoms with E-state index in [1.54, 1.807) is 36.1 Å². The molecule has 0 bridgehead atoms. The van der Waals surface area contributed by atoms with Crippen molar-refractivity contribution in [2.24, 2.45) is 17.8 Å². The Morgan fingerprint density at radius 3 is 2.43 bits per heavy atom. The Morgan fingerprint density at radius 2 is 1.69 bits per heavy atom. The van der Waals surface area contributed by atoms with E-state index in [4.69, 9.17) is 0 Å². The molecule has 180 valence electrons. The maximum Gasteiger partial charge on any atom is 0.233 e. The van der Waals surface area contributed by atoms with E-state index in [-0.39, 0.29) is 47.5 Å². The summed E-state index contributed by atoms with van der Waals surface area (Å²) in [7, 11) is 0. The predicted molar refractivity (Wildman–Crippen MR) is 128 cm³/mol. The Kier molecular flexibility index (Phi) is 5.17. The van der Waals surface area contributed by atoms with Crippen LogP contribution < -0.4 is 0 Å². The summed E-state index contributed by atoms with van der Waals surface area (Å²) in [6, 6.07) is 6.85. The van der Waals surface area contributed by atoms with Gasteiger partial charge in [0.25, 0.3) is 0 Å². The Hall–Kier alpha value is -3.28. The molecule has 0 unspecified atom stereocenters. The summed E-state index contributed by atoms with van der Waals surface area (Å²) in [6.45, 7) is 1.64. The molecule has 0 radical (unpaired) electrons. The van der Waals surface area contributed by atoms with E-state index >= 15 is 0 Å². The van der Waals surface area contributed by atoms with Crippen LogP contribution in [-0.2, 0) is 19.2 Å². The van der Waals surface area contributed by atoms with Crippen molar-refractivity contribution in [3.8, 4) is 5.75 Å². The fourth-order valence-corrected chi connectivity index (χ4v) is 7.17. The molecule has 1 saturated heterocycles. The second kappa shape index (κ2) is 8.14. The number of rotatable bonds is 2. The van der Waals surface area contributed by atoms with Crippen LogP contribution in [0.15, 0.2) is 58.7 Å². The number of hydrogen-bond donors (Lipinski definition) is 1. The zero-order valence-corrected chi connectivity index (χ0v) is 19.8. The molecule has 5 aliphatic rings. The van der Waals surface area contributed by atoms with Gasteiger partial charge >= 0.3 is 0 Å². The van der Waals surface area contributed by atoms with Gasteiger partial charge in [0, 0.05) is 34.2 Å². The minimum atomic E-state index is -0.599. The van der Waals surface area contributed by atoms with E-state index in [0.717, 1.165) is 37.7 Å². The molecule has 0 aromatic heterocycles. The average Bonchev–Trinajstić information content (AvgIpc) is 3.12. The van der Waals surface area contributed by atoms with Crippen molar-refractivity contribution < 1.29 is 24.3 Å². The van der Waals surface area contributed by atoms with Crippen molar-refractivity contribution in [3.63, 3.8) is 0 Å². The molecule has 1 heterocycles. The number of ketones is 2. The summed E-state index contributed by atoms with van der Waals surface area (Å²) in [6.07, 6.45) is 9.00. The van der Waals surface area contributed by atoms with Crippen LogP contribution in [0.1, 0.15) is 63.4 Å². The van der Waals surface area contributed by atoms with Crippen LogP contribution in [0.5, 0.6) is 5.75 Å². The molecule has 6 heteroatoms. The molecule has 0 spiro atoms. The van der Waals surface area contributed by atoms with Gasteiger partial charge in [-0.1, -0.05) is 49.1 Å². The number of amides is 2. The summed E-state index contributed by atoms with van der Waals surface area (Å²) < 4.78 is 0. The molecular formula is C29H29NO5. The lowest BCUT2D eigenvalue weighted by atomic mass is 9.59. The molecular weight excluding hydrogens is 442 g/mol. The van der Waals surface area contributed by atoms with E-state index in [9.17, 15) is 24.3 Å². The van der Waals surface area contributed by atoms with Crippen molar-refractivity contribution in [2.45, 2.75) is 63.8 Å². The number of benzene rings is 1. The Bertz CT molecular complexity index is 1260. The molecule has 1 N–H and O–H groups in total. The smallest absolute Gasteiger partial charge is 0.233 e. The van der Waals surface area contributed by atoms with E-state index in [1.807, 2.05) is 6.08 Å². The molecule has 35 heavy (non-hydrogen) atoms. The zero-order valence-electron chi connectivity index (χ0n) is 19.8. The van der Waals surface area contributed by atoms with Gasteiger partial charge in [-0.15, -0.1) is 0 Å². The summed E-state index contributed by atoms with van der Waals surface area (Å²) in [5, 5.41) is 10.8. The van der Waals surface area contributed by atoms with Crippen LogP contribution in [-0.4, -0.2) is 39.4 Å². The SMILES string of the molecule is CC1=CC(=O)C2=C(C1=O)[C@@H](c1ccccc1O)C1=CC[C@@H]3C(=O)N(C4CCCCC4)C(=O)[C@@H]3[C@@H]1C2. The molecule has 4 atom stereocenters. The topological polar surface area (TPSA) is 91.8 Å². The summed E-state index contributed by atoms with van der Waals surface area (Å²) >= 11 is 0. The van der Waals surface area contributed by atoms with Crippen LogP contribution in [0.4, 0.5) is 0 Å². The lowest BCUT2D eigenvalue weighted by Gasteiger charge is -2.42. The fourth-order valence-electron chi connectivity index (χ4n) is 7.17. The largest absolute Gasteiger partial charge is 0.508 e. The normalized spacial score (nSPS) is 31.2. The van der Waals surface area contributed by atoms with Crippen LogP contribution in [0, 0.1) is 17.8 Å². The number of carbonyl (C=O) groups excluding carboxylic acids is 4. The van der Waals surface area contributed by atoms with Gasteiger partial charge in [-0.3, -0.25) is 24.1 Å². The van der Waals surface area contributed by atoms with Gasteiger partial charge < -0.3 is 5.11 Å². The number of fused-ring (bicyclic) bond motifs is 3. The first-order chi connectivity index (χ1) is 16.9. The minimum Gasteiger partial charge on any atom is -0.508 e. The van der Waals surface area contributed by atoms with Gasteiger partial charge in [-0.05, 0) is 50.7 Å². The van der Waals surface area contributed by atoms with E-state index in [0.29, 0.717) is 28.7 Å². The summed E-state index contributed by atoms with van der Waals surface area (Å²) in [5.41, 5.74) is 2.67. The molecule has 2 fully saturated rings. The first kappa shape index (κ1) is 22.2. The van der Waals surface area contributed by atoms with Crippen molar-refractivity contribution in [1.29, 1.82) is 0 Å². The average molecular weight is 472 g/mol. The zero-order chi connectivity index (χ0) is 24.4. The van der Waals surface area contributed by atoms with Gasteiger partial charge in [0.15, 0.2) is 11.6 Å². The van der Waals surface area contributed by atoms with Crippen LogP contribution >= 0.6 is 0 Å². The Morgan fingerprint density at radius 1 is 0.943 bits per heavy atom. The number of phenols is 1. The maximum atomic E-state index is 13.8. The van der Waals surface area contributed by atoms with Gasteiger partial charge in [0.1, 0.15) is 5.75 Å². The Balaban J connectivity index is 1.47. The lowest BCUT2D eigenvalue weighted by molar-refractivity contribution is -0.143. The molecule has 6 rings (SSSR count). The van der Waals surface area contributed by atoms with Crippen molar-refractivity contribution >= 4 is 23.4 Å². The number of carbonyl (C=O) groups is 4. The molecule has 1 aromatic rings. The quantitative estimate of drug-likeness (QED) is 0.397. The first-order valence-electron chi connectivity index (χ1n) is 12.7. The maximum absolute atomic E-state index is 13.8. The van der Waals surface area contributed by atoms with Crippen molar-refractivity contribution in [2.75, 3.05) is 0 Å². The van der Waals surface area contributed by atoms with E-state index in [2.05, 4.69) is 0 Å². The van der Waals surface area contributed by atoms with Crippen LogP contribution in [0.25, 0.3) is 0 Å². The monoisotopic (exact) mass is 471 g/mol. The molecule has 6 nitrogen and oxygen atoms in total. The predicted octanol–water partition coefficient (Wildman–Crippen LogP) is 4.15. The van der Waals surface area contributed by atoms with Gasteiger partial charge in [0.05, 0.1) is 11.8 Å². The number of imide groups is 1. The van der Waals surface area contributed by atoms with Gasteiger partial charge in [0.2, 0.25) is 11.8 Å². The number of likely N-dealkylation sites (tertiary alicyclic amines) is 1. The number of phenolic OH excluding ortho intramolecular Hbond substituents is 1. The number of nitrogens with zero attached hydrogens (tertiary/aromatic N) is 1. The number of hydrogen-bond acceptors (Lipinski definition) is 5. The summed E-state index contributed by atoms with van der Waals surface area (Å²) in [5.74, 6) is -2.43. The highest BCUT2D eigenvalue weighted by Gasteiger charge is 2.57. The number of para-hydroxylation sites is 1. The third-order valence-corrected chi connectivity index (χ3v) is 8.79. The number of aromatic hydroxyl groups is 1. The summed E-state index contributed by atoms with van der Waals surface area (Å²) in [4.78, 5) is 55.3. The Labute approximate surface area is 204 Å². The molecule has 1 aromatic carbocycles. The van der Waals surface area contributed by atoms with E-state index < -0.39 is 17.8 Å². The molecule has 4 aliphatic carbocycles. The minimum absolute atomic E-state index is 0.0337. The molecule has 1 saturated carbocycles. The highest BCUT2D eigenvalue weighted by Crippen LogP contribution is 2.56. The fraction of sp³-hybridized carbons (Fsp3) is 0.448. The van der Waals surface area contributed by atoms with Crippen LogP contribution in [0.3, 0.4) is 0 Å². The van der Waals surface area contributed by atoms with Crippen LogP contribution in [0.2, 0.25) is 0 Å². The third-order valence-electron chi connectivity index (χ3n) is 8.79. The number of Topliss-reactive ketones (excluding diaryl/α,β-unsaturated/α-hetero) is 1. The first-order valence-corrected chi connectivity index (χ1v) is 12.7. The van der Waals surface area contributed by atoms with Crippen molar-refractivity contribution in [1.82, 2.24) is 4.90 Å². The lowest BCUT2D eigenvalue weighted by Crippen LogP contribution is -2.43. The third kappa shape index (κ3) is 3.22. The number of allylic oxidation sites excluding steroid dienone is 6. The highest BCUT2D eigenvalue weighted by atomic mass is 16.3. The molecule has 2 amide bonds. The van der Waals surface area contributed by atoms with Gasteiger partial charge in [-0.2, -0.15) is 0 Å². The van der Waals surface area contributed by atoms with Gasteiger partial charge in [-0.25, -0.2) is 0 Å². The second-order valence-electron chi connectivity index (χ2n) is 10.6. The molecule has 1 aliphatic heterocycles. The standard InChI is InChI=1S/C29H29NO5/c1-15-13-23(32)21-14-20-17(24(26(21)27(15)33)18-9-5-6-10-22(18)31)11-12-19-25(20)29(35)30(28(19)34)16-7-3-2-4-8-16/h5-6,9-11,13,16,19-20,24-25,31H,2-4,7-8,12,14H2,1H3/t19-,20+,24+,25-/m0/s1. The van der Waals surface area contributed by atoms with Crippen molar-refractivity contribution in [3.05, 3.63) is 64.3 Å². The second-order valence-corrected chi connectivity index (χ2v) is 10.6. The highest BCUT2D eigenvalue weighted by molar-refractivity contribution is 6.24. The van der Waals surface area contributed by atoms with E-state index in [1.165, 1.54) is 6.08 Å².